The molecular formula is C23H26N2O5. The summed E-state index contributed by atoms with van der Waals surface area (Å²) in [5.41, 5.74) is 2.40. The largest absolute Gasteiger partial charge is 0.461 e. The summed E-state index contributed by atoms with van der Waals surface area (Å²) in [4.78, 5) is 36.0. The summed E-state index contributed by atoms with van der Waals surface area (Å²) < 4.78 is 5.42. The van der Waals surface area contributed by atoms with Crippen molar-refractivity contribution in [1.29, 1.82) is 0 Å². The number of ether oxygens (including phenoxy) is 1. The molecule has 7 nitrogen and oxygen atoms in total. The number of anilines is 1. The molecular weight excluding hydrogens is 384 g/mol. The van der Waals surface area contributed by atoms with Crippen LogP contribution in [0.1, 0.15) is 43.7 Å². The van der Waals surface area contributed by atoms with Crippen LogP contribution in [0.15, 0.2) is 48.5 Å². The number of aryl methyl sites for hydroxylation is 1. The number of carbonyl (C=O) groups excluding carboxylic acids is 2. The van der Waals surface area contributed by atoms with E-state index in [9.17, 15) is 19.7 Å². The molecule has 2 aromatic rings. The predicted octanol–water partition coefficient (Wildman–Crippen LogP) is 4.65. The third-order valence-corrected chi connectivity index (χ3v) is 5.54. The Balaban J connectivity index is 1.62. The average molecular weight is 410 g/mol. The Bertz CT molecular complexity index is 910. The van der Waals surface area contributed by atoms with E-state index in [1.54, 1.807) is 12.1 Å². The highest BCUT2D eigenvalue weighted by Crippen LogP contribution is 2.32. The molecule has 0 aliphatic heterocycles. The third-order valence-electron chi connectivity index (χ3n) is 5.54. The Morgan fingerprint density at radius 3 is 2.43 bits per heavy atom. The van der Waals surface area contributed by atoms with Crippen molar-refractivity contribution in [1.82, 2.24) is 0 Å². The van der Waals surface area contributed by atoms with Crippen molar-refractivity contribution in [3.05, 3.63) is 69.8 Å². The number of nitro benzene ring substituents is 1. The summed E-state index contributed by atoms with van der Waals surface area (Å²) in [5, 5.41) is 13.8. The maximum atomic E-state index is 12.8. The Morgan fingerprint density at radius 1 is 1.07 bits per heavy atom. The lowest BCUT2D eigenvalue weighted by Gasteiger charge is -2.29. The van der Waals surface area contributed by atoms with Crippen molar-refractivity contribution < 1.29 is 19.2 Å². The number of hydrogen-bond donors (Lipinski definition) is 1. The van der Waals surface area contributed by atoms with Crippen molar-refractivity contribution in [2.24, 2.45) is 11.8 Å². The number of amides is 1. The number of rotatable bonds is 7. The van der Waals surface area contributed by atoms with Crippen LogP contribution in [0.25, 0.3) is 0 Å². The fourth-order valence-corrected chi connectivity index (χ4v) is 3.81. The molecule has 2 aromatic carbocycles. The van der Waals surface area contributed by atoms with Gasteiger partial charge in [0.15, 0.2) is 0 Å². The van der Waals surface area contributed by atoms with Gasteiger partial charge in [0.05, 0.1) is 16.8 Å². The molecule has 1 aliphatic carbocycles. The van der Waals surface area contributed by atoms with Gasteiger partial charge in [0.1, 0.15) is 6.61 Å². The minimum Gasteiger partial charge on any atom is -0.461 e. The molecule has 1 saturated carbocycles. The maximum absolute atomic E-state index is 12.8. The average Bonchev–Trinajstić information content (AvgIpc) is 2.78. The van der Waals surface area contributed by atoms with E-state index in [0.717, 1.165) is 19.3 Å². The third kappa shape index (κ3) is 5.43. The summed E-state index contributed by atoms with van der Waals surface area (Å²) >= 11 is 0. The van der Waals surface area contributed by atoms with Crippen molar-refractivity contribution in [2.75, 3.05) is 5.32 Å². The molecule has 1 N–H and O–H groups in total. The molecule has 1 fully saturated rings. The van der Waals surface area contributed by atoms with Crippen LogP contribution in [0.3, 0.4) is 0 Å². The molecule has 0 unspecified atom stereocenters. The monoisotopic (exact) mass is 410 g/mol. The highest BCUT2D eigenvalue weighted by Gasteiger charge is 2.36. The summed E-state index contributed by atoms with van der Waals surface area (Å²) in [7, 11) is 0. The molecule has 1 aliphatic rings. The Labute approximate surface area is 175 Å². The van der Waals surface area contributed by atoms with Crippen LogP contribution in [0.4, 0.5) is 11.4 Å². The zero-order valence-electron chi connectivity index (χ0n) is 17.0. The van der Waals surface area contributed by atoms with Gasteiger partial charge in [-0.15, -0.1) is 0 Å². The van der Waals surface area contributed by atoms with E-state index in [4.69, 9.17) is 4.74 Å². The van der Waals surface area contributed by atoms with Crippen LogP contribution in [0.2, 0.25) is 0 Å². The molecule has 3 rings (SSSR count). The van der Waals surface area contributed by atoms with Crippen LogP contribution in [-0.4, -0.2) is 16.8 Å². The van der Waals surface area contributed by atoms with Crippen molar-refractivity contribution in [3.8, 4) is 0 Å². The van der Waals surface area contributed by atoms with Gasteiger partial charge in [-0.3, -0.25) is 19.7 Å². The van der Waals surface area contributed by atoms with Crippen molar-refractivity contribution in [2.45, 2.75) is 45.6 Å². The first kappa shape index (κ1) is 21.5. The van der Waals surface area contributed by atoms with Gasteiger partial charge in [-0.25, -0.2) is 0 Å². The first-order valence-corrected chi connectivity index (χ1v) is 10.3. The number of nitrogens with one attached hydrogen (secondary N) is 1. The molecule has 30 heavy (non-hydrogen) atoms. The number of carbonyl (C=O) groups is 2. The van der Waals surface area contributed by atoms with Gasteiger partial charge >= 0.3 is 5.97 Å². The fraction of sp³-hybridized carbons (Fsp3) is 0.391. The van der Waals surface area contributed by atoms with E-state index in [0.29, 0.717) is 24.1 Å². The minimum absolute atomic E-state index is 0.0486. The minimum atomic E-state index is -0.507. The van der Waals surface area contributed by atoms with Gasteiger partial charge < -0.3 is 10.1 Å². The van der Waals surface area contributed by atoms with E-state index in [2.05, 4.69) is 12.2 Å². The Kier molecular flexibility index (Phi) is 7.17. The highest BCUT2D eigenvalue weighted by molar-refractivity contribution is 5.95. The maximum Gasteiger partial charge on any atom is 0.310 e. The molecule has 2 atom stereocenters. The summed E-state index contributed by atoms with van der Waals surface area (Å²) in [6.45, 7) is 2.02. The Hall–Kier alpha value is -3.22. The van der Waals surface area contributed by atoms with Crippen LogP contribution in [0, 0.1) is 22.0 Å². The van der Waals surface area contributed by atoms with Gasteiger partial charge in [-0.05, 0) is 42.5 Å². The van der Waals surface area contributed by atoms with E-state index in [1.165, 1.54) is 17.7 Å². The lowest BCUT2D eigenvalue weighted by molar-refractivity contribution is -0.384. The summed E-state index contributed by atoms with van der Waals surface area (Å²) in [6.07, 6.45) is 3.92. The number of esters is 1. The van der Waals surface area contributed by atoms with E-state index in [1.807, 2.05) is 24.3 Å². The molecule has 158 valence electrons. The normalized spacial score (nSPS) is 18.4. The van der Waals surface area contributed by atoms with Gasteiger partial charge in [0.25, 0.3) is 5.69 Å². The van der Waals surface area contributed by atoms with E-state index < -0.39 is 22.7 Å². The van der Waals surface area contributed by atoms with Crippen LogP contribution < -0.4 is 5.32 Å². The van der Waals surface area contributed by atoms with Crippen LogP contribution >= 0.6 is 0 Å². The second-order valence-electron chi connectivity index (χ2n) is 7.57. The number of nitrogens with zero attached hydrogens (tertiary/aromatic N) is 1. The molecule has 7 heteroatoms. The molecule has 0 heterocycles. The number of nitro groups is 1. The van der Waals surface area contributed by atoms with Gasteiger partial charge in [-0.2, -0.15) is 0 Å². The summed E-state index contributed by atoms with van der Waals surface area (Å²) in [5.74, 6) is -1.55. The molecule has 1 amide bonds. The highest BCUT2D eigenvalue weighted by atomic mass is 16.6. The SMILES string of the molecule is CCc1ccc(NC(=O)[C@@H]2CCCC[C@@H]2C(=O)OCc2cccc([N+](=O)[O-])c2)cc1. The van der Waals surface area contributed by atoms with Crippen molar-refractivity contribution >= 4 is 23.3 Å². The first-order chi connectivity index (χ1) is 14.5. The molecule has 0 saturated heterocycles. The second-order valence-corrected chi connectivity index (χ2v) is 7.57. The lowest BCUT2D eigenvalue weighted by Crippen LogP contribution is -2.37. The first-order valence-electron chi connectivity index (χ1n) is 10.3. The van der Waals surface area contributed by atoms with Gasteiger partial charge in [0.2, 0.25) is 5.91 Å². The Morgan fingerprint density at radius 2 is 1.77 bits per heavy atom. The molecule has 0 aromatic heterocycles. The van der Waals surface area contributed by atoms with Crippen LogP contribution in [-0.2, 0) is 27.4 Å². The molecule has 0 bridgehead atoms. The summed E-state index contributed by atoms with van der Waals surface area (Å²) in [6, 6.07) is 13.7. The van der Waals surface area contributed by atoms with E-state index >= 15 is 0 Å². The fourth-order valence-electron chi connectivity index (χ4n) is 3.81. The van der Waals surface area contributed by atoms with E-state index in [-0.39, 0.29) is 18.2 Å². The van der Waals surface area contributed by atoms with Gasteiger partial charge in [0, 0.05) is 17.8 Å². The zero-order valence-corrected chi connectivity index (χ0v) is 17.0. The molecule has 0 radical (unpaired) electrons. The standard InChI is InChI=1S/C23H26N2O5/c1-2-16-10-12-18(13-11-16)24-22(26)20-8-3-4-9-21(20)23(27)30-15-17-6-5-7-19(14-17)25(28)29/h5-7,10-14,20-21H,2-4,8-9,15H2,1H3,(H,24,26)/t20-,21+/m1/s1. The quantitative estimate of drug-likeness (QED) is 0.407. The zero-order chi connectivity index (χ0) is 21.5. The second kappa shape index (κ2) is 10.0. The predicted molar refractivity (Wildman–Crippen MR) is 113 cm³/mol. The van der Waals surface area contributed by atoms with Crippen LogP contribution in [0.5, 0.6) is 0 Å². The van der Waals surface area contributed by atoms with Crippen molar-refractivity contribution in [3.63, 3.8) is 0 Å². The van der Waals surface area contributed by atoms with Gasteiger partial charge in [-0.1, -0.05) is 44.0 Å². The number of non-ortho nitro benzene ring substituents is 1. The topological polar surface area (TPSA) is 98.5 Å². The molecule has 0 spiro atoms. The number of benzene rings is 2. The number of hydrogen-bond acceptors (Lipinski definition) is 5. The smallest absolute Gasteiger partial charge is 0.310 e. The lowest BCUT2D eigenvalue weighted by atomic mass is 9.78.